The number of hydrogen-bond donors (Lipinski definition) is 1. The molecule has 4 aromatic rings. The van der Waals surface area contributed by atoms with Crippen molar-refractivity contribution in [2.24, 2.45) is 5.10 Å². The standard InChI is InChI=1S/C27H30N4O5S/c1-7-31(8-2)19-9-10-22-18(11-19)12-20(26(32)36-22)21-15-37-27(28-21)30-29-16(3)17-13-23(33-4)25(35-6)24(14-17)34-5/h9-15H,7-8H2,1-6H3,(H,28,30)/b29-16+. The monoisotopic (exact) mass is 522 g/mol. The van der Waals surface area contributed by atoms with Crippen LogP contribution >= 0.6 is 11.3 Å². The van der Waals surface area contributed by atoms with Crippen LogP contribution in [-0.2, 0) is 0 Å². The maximum Gasteiger partial charge on any atom is 0.345 e. The molecule has 0 fully saturated rings. The average Bonchev–Trinajstić information content (AvgIpc) is 3.39. The molecule has 4 rings (SSSR count). The van der Waals surface area contributed by atoms with Crippen molar-refractivity contribution in [2.45, 2.75) is 20.8 Å². The molecule has 0 aliphatic heterocycles. The molecule has 0 amide bonds. The van der Waals surface area contributed by atoms with E-state index >= 15 is 0 Å². The number of hydrogen-bond acceptors (Lipinski definition) is 10. The van der Waals surface area contributed by atoms with E-state index in [4.69, 9.17) is 18.6 Å². The molecule has 194 valence electrons. The Balaban J connectivity index is 1.60. The van der Waals surface area contributed by atoms with Gasteiger partial charge in [-0.25, -0.2) is 9.78 Å². The van der Waals surface area contributed by atoms with Crippen molar-refractivity contribution < 1.29 is 18.6 Å². The second-order valence-corrected chi connectivity index (χ2v) is 8.96. The van der Waals surface area contributed by atoms with Crippen LogP contribution in [0.2, 0.25) is 0 Å². The molecule has 2 aromatic heterocycles. The van der Waals surface area contributed by atoms with E-state index in [0.29, 0.717) is 44.9 Å². The highest BCUT2D eigenvalue weighted by molar-refractivity contribution is 7.14. The Labute approximate surface area is 219 Å². The highest BCUT2D eigenvalue weighted by Gasteiger charge is 2.16. The second kappa shape index (κ2) is 11.3. The van der Waals surface area contributed by atoms with Crippen molar-refractivity contribution in [2.75, 3.05) is 44.7 Å². The molecule has 0 atom stereocenters. The number of nitrogens with one attached hydrogen (secondary N) is 1. The summed E-state index contributed by atoms with van der Waals surface area (Å²) in [4.78, 5) is 19.5. The summed E-state index contributed by atoms with van der Waals surface area (Å²) in [6.45, 7) is 7.86. The lowest BCUT2D eigenvalue weighted by atomic mass is 10.1. The van der Waals surface area contributed by atoms with Gasteiger partial charge in [0.1, 0.15) is 5.58 Å². The molecule has 0 radical (unpaired) electrons. The molecule has 0 saturated heterocycles. The average molecular weight is 523 g/mol. The number of nitrogens with zero attached hydrogens (tertiary/aromatic N) is 3. The van der Waals surface area contributed by atoms with E-state index in [0.717, 1.165) is 29.7 Å². The summed E-state index contributed by atoms with van der Waals surface area (Å²) < 4.78 is 21.8. The van der Waals surface area contributed by atoms with Crippen LogP contribution in [0.4, 0.5) is 10.8 Å². The zero-order chi connectivity index (χ0) is 26.5. The summed E-state index contributed by atoms with van der Waals surface area (Å²) in [6, 6.07) is 11.3. The molecule has 10 heteroatoms. The zero-order valence-electron chi connectivity index (χ0n) is 21.7. The van der Waals surface area contributed by atoms with Gasteiger partial charge < -0.3 is 23.5 Å². The first-order valence-electron chi connectivity index (χ1n) is 11.8. The molecule has 0 aliphatic rings. The van der Waals surface area contributed by atoms with Gasteiger partial charge in [-0.15, -0.1) is 11.3 Å². The third-order valence-corrected chi connectivity index (χ3v) is 6.77. The summed E-state index contributed by atoms with van der Waals surface area (Å²) in [5, 5.41) is 7.65. The number of rotatable bonds is 10. The number of fused-ring (bicyclic) bond motifs is 1. The second-order valence-electron chi connectivity index (χ2n) is 8.10. The first kappa shape index (κ1) is 26.0. The highest BCUT2D eigenvalue weighted by atomic mass is 32.1. The molecule has 0 saturated carbocycles. The van der Waals surface area contributed by atoms with Crippen molar-refractivity contribution in [1.82, 2.24) is 4.98 Å². The van der Waals surface area contributed by atoms with E-state index in [1.165, 1.54) is 11.3 Å². The lowest BCUT2D eigenvalue weighted by molar-refractivity contribution is 0.324. The molecule has 0 spiro atoms. The Morgan fingerprint density at radius 2 is 1.76 bits per heavy atom. The predicted molar refractivity (Wildman–Crippen MR) is 149 cm³/mol. The number of thiazole rings is 1. The van der Waals surface area contributed by atoms with Crippen molar-refractivity contribution in [3.05, 3.63) is 57.8 Å². The third kappa shape index (κ3) is 5.39. The minimum absolute atomic E-state index is 0.402. The lowest BCUT2D eigenvalue weighted by Gasteiger charge is -2.21. The van der Waals surface area contributed by atoms with Crippen LogP contribution in [0.1, 0.15) is 26.3 Å². The van der Waals surface area contributed by atoms with Crippen molar-refractivity contribution in [3.8, 4) is 28.5 Å². The Bertz CT molecular complexity index is 1460. The van der Waals surface area contributed by atoms with E-state index in [1.54, 1.807) is 26.7 Å². The van der Waals surface area contributed by atoms with Gasteiger partial charge >= 0.3 is 5.63 Å². The van der Waals surface area contributed by atoms with Crippen molar-refractivity contribution in [1.29, 1.82) is 0 Å². The number of hydrazone groups is 1. The minimum Gasteiger partial charge on any atom is -0.493 e. The van der Waals surface area contributed by atoms with Crippen LogP contribution in [-0.4, -0.2) is 45.1 Å². The van der Waals surface area contributed by atoms with Gasteiger partial charge in [0.25, 0.3) is 0 Å². The normalized spacial score (nSPS) is 11.5. The molecule has 0 aliphatic carbocycles. The van der Waals surface area contributed by atoms with Gasteiger partial charge in [-0.2, -0.15) is 5.10 Å². The van der Waals surface area contributed by atoms with Crippen LogP contribution in [0, 0.1) is 0 Å². The van der Waals surface area contributed by atoms with Crippen molar-refractivity contribution >= 4 is 38.8 Å². The third-order valence-electron chi connectivity index (χ3n) is 6.03. The number of aromatic nitrogens is 1. The predicted octanol–water partition coefficient (Wildman–Crippen LogP) is 5.62. The van der Waals surface area contributed by atoms with Crippen LogP contribution in [0.15, 0.2) is 56.1 Å². The molecule has 2 heterocycles. The zero-order valence-corrected chi connectivity index (χ0v) is 22.6. The van der Waals surface area contributed by atoms with Gasteiger partial charge in [0.05, 0.1) is 38.3 Å². The van der Waals surface area contributed by atoms with Crippen LogP contribution in [0.5, 0.6) is 17.2 Å². The van der Waals surface area contributed by atoms with Gasteiger partial charge in [0.15, 0.2) is 11.5 Å². The molecule has 1 N–H and O–H groups in total. The van der Waals surface area contributed by atoms with Gasteiger partial charge in [0.2, 0.25) is 10.9 Å². The first-order valence-corrected chi connectivity index (χ1v) is 12.7. The maximum atomic E-state index is 12.7. The minimum atomic E-state index is -0.433. The number of ether oxygens (including phenoxy) is 3. The van der Waals surface area contributed by atoms with Crippen LogP contribution in [0.3, 0.4) is 0 Å². The van der Waals surface area contributed by atoms with Crippen LogP contribution < -0.4 is 30.2 Å². The molecule has 0 unspecified atom stereocenters. The summed E-state index contributed by atoms with van der Waals surface area (Å²) in [5.41, 5.74) is 6.57. The fourth-order valence-electron chi connectivity index (χ4n) is 4.01. The van der Waals surface area contributed by atoms with Crippen molar-refractivity contribution in [3.63, 3.8) is 0 Å². The Morgan fingerprint density at radius 3 is 2.38 bits per heavy atom. The Hall–Kier alpha value is -4.05. The fraction of sp³-hybridized carbons (Fsp3) is 0.296. The van der Waals surface area contributed by atoms with Gasteiger partial charge in [0, 0.05) is 35.1 Å². The summed E-state index contributed by atoms with van der Waals surface area (Å²) in [5.74, 6) is 1.59. The quantitative estimate of drug-likeness (QED) is 0.163. The number of anilines is 2. The summed E-state index contributed by atoms with van der Waals surface area (Å²) >= 11 is 1.34. The van der Waals surface area contributed by atoms with E-state index < -0.39 is 5.63 Å². The van der Waals surface area contributed by atoms with E-state index in [9.17, 15) is 4.79 Å². The molecule has 2 aromatic carbocycles. The smallest absolute Gasteiger partial charge is 0.345 e. The van der Waals surface area contributed by atoms with Gasteiger partial charge in [-0.1, -0.05) is 0 Å². The fourth-order valence-corrected chi connectivity index (χ4v) is 4.66. The SMILES string of the molecule is CCN(CC)c1ccc2oc(=O)c(-c3csc(N/N=C(\C)c4cc(OC)c(OC)c(OC)c4)n3)cc2c1. The molecule has 0 bridgehead atoms. The Kier molecular flexibility index (Phi) is 7.98. The topological polar surface area (TPSA) is 98.4 Å². The van der Waals surface area contributed by atoms with E-state index in [1.807, 2.05) is 43.3 Å². The van der Waals surface area contributed by atoms with Crippen LogP contribution in [0.25, 0.3) is 22.2 Å². The largest absolute Gasteiger partial charge is 0.493 e. The van der Waals surface area contributed by atoms with Gasteiger partial charge in [-0.3, -0.25) is 5.43 Å². The first-order chi connectivity index (χ1) is 17.9. The number of benzene rings is 2. The summed E-state index contributed by atoms with van der Waals surface area (Å²) in [6.07, 6.45) is 0. The van der Waals surface area contributed by atoms with E-state index in [-0.39, 0.29) is 0 Å². The van der Waals surface area contributed by atoms with E-state index in [2.05, 4.69) is 34.3 Å². The summed E-state index contributed by atoms with van der Waals surface area (Å²) in [7, 11) is 4.69. The number of methoxy groups -OCH3 is 3. The molecular weight excluding hydrogens is 492 g/mol. The highest BCUT2D eigenvalue weighted by Crippen LogP contribution is 2.38. The van der Waals surface area contributed by atoms with Gasteiger partial charge in [-0.05, 0) is 57.2 Å². The Morgan fingerprint density at radius 1 is 1.05 bits per heavy atom. The maximum absolute atomic E-state index is 12.7. The molecule has 37 heavy (non-hydrogen) atoms. The molecule has 9 nitrogen and oxygen atoms in total. The lowest BCUT2D eigenvalue weighted by Crippen LogP contribution is -2.21. The molecular formula is C27H30N4O5S.